The summed E-state index contributed by atoms with van der Waals surface area (Å²) in [5.74, 6) is -1.17. The Kier molecular flexibility index (Phi) is 4.46. The summed E-state index contributed by atoms with van der Waals surface area (Å²) in [5, 5.41) is 0. The van der Waals surface area contributed by atoms with Gasteiger partial charge in [-0.2, -0.15) is 13.2 Å². The summed E-state index contributed by atoms with van der Waals surface area (Å²) < 4.78 is 53.0. The number of likely N-dealkylation sites (tertiary alicyclic amines) is 1. The van der Waals surface area contributed by atoms with E-state index in [-0.39, 0.29) is 11.7 Å². The molecule has 0 atom stereocenters. The molecule has 21 heavy (non-hydrogen) atoms. The second-order valence-electron chi connectivity index (χ2n) is 5.79. The quantitative estimate of drug-likeness (QED) is 0.769. The molecule has 1 aliphatic heterocycles. The van der Waals surface area contributed by atoms with Gasteiger partial charge in [-0.3, -0.25) is 0 Å². The van der Waals surface area contributed by atoms with Crippen LogP contribution in [0.25, 0.3) is 0 Å². The molecule has 1 saturated heterocycles. The number of hydrogen-bond acceptors (Lipinski definition) is 2. The number of aryl methyl sites for hydroxylation is 1. The first-order valence-electron chi connectivity index (χ1n) is 6.99. The average Bonchev–Trinajstić information content (AvgIpc) is 2.40. The van der Waals surface area contributed by atoms with Crippen molar-refractivity contribution in [3.63, 3.8) is 0 Å². The Morgan fingerprint density at radius 2 is 1.76 bits per heavy atom. The maximum absolute atomic E-state index is 14.3. The molecule has 0 amide bonds. The van der Waals surface area contributed by atoms with Crippen molar-refractivity contribution in [2.45, 2.75) is 32.0 Å². The third kappa shape index (κ3) is 3.48. The molecule has 0 radical (unpaired) electrons. The Morgan fingerprint density at radius 3 is 2.29 bits per heavy atom. The van der Waals surface area contributed by atoms with Gasteiger partial charge in [0.1, 0.15) is 0 Å². The normalized spacial score (nSPS) is 18.0. The summed E-state index contributed by atoms with van der Waals surface area (Å²) in [5.41, 5.74) is -0.729. The fourth-order valence-corrected chi connectivity index (χ4v) is 2.79. The van der Waals surface area contributed by atoms with Crippen molar-refractivity contribution in [3.8, 4) is 0 Å². The molecular formula is C15H20F4N2. The van der Waals surface area contributed by atoms with E-state index in [1.807, 2.05) is 7.05 Å². The highest BCUT2D eigenvalue weighted by Crippen LogP contribution is 2.37. The highest BCUT2D eigenvalue weighted by Gasteiger charge is 2.36. The summed E-state index contributed by atoms with van der Waals surface area (Å²) >= 11 is 0. The smallest absolute Gasteiger partial charge is 0.369 e. The van der Waals surface area contributed by atoms with Gasteiger partial charge in [0.25, 0.3) is 0 Å². The summed E-state index contributed by atoms with van der Waals surface area (Å²) in [7, 11) is 3.68. The molecule has 1 aromatic carbocycles. The van der Waals surface area contributed by atoms with Gasteiger partial charge in [-0.05, 0) is 57.6 Å². The summed E-state index contributed by atoms with van der Waals surface area (Å²) in [6.45, 7) is 3.30. The van der Waals surface area contributed by atoms with E-state index >= 15 is 0 Å². The van der Waals surface area contributed by atoms with Crippen LogP contribution in [0.4, 0.5) is 23.2 Å². The van der Waals surface area contributed by atoms with E-state index in [2.05, 4.69) is 4.90 Å². The van der Waals surface area contributed by atoms with Crippen LogP contribution in [0.1, 0.15) is 24.0 Å². The SMILES string of the molecule is Cc1cc(N(C)C2CCN(C)CC2)c(F)c(C(F)(F)F)c1. The molecule has 2 nitrogen and oxygen atoms in total. The standard InChI is InChI=1S/C15H20F4N2/c1-10-8-12(15(17,18)19)14(16)13(9-10)21(3)11-4-6-20(2)7-5-11/h8-9,11H,4-7H2,1-3H3. The molecular weight excluding hydrogens is 284 g/mol. The lowest BCUT2D eigenvalue weighted by molar-refractivity contribution is -0.139. The Bertz CT molecular complexity index is 505. The van der Waals surface area contributed by atoms with Crippen molar-refractivity contribution in [1.29, 1.82) is 0 Å². The number of hydrogen-bond donors (Lipinski definition) is 0. The summed E-state index contributed by atoms with van der Waals surface area (Å²) in [4.78, 5) is 3.82. The van der Waals surface area contributed by atoms with Gasteiger partial charge in [-0.15, -0.1) is 0 Å². The molecule has 0 bridgehead atoms. The van der Waals surface area contributed by atoms with E-state index in [0.717, 1.165) is 32.0 Å². The molecule has 0 N–H and O–H groups in total. The van der Waals surface area contributed by atoms with Gasteiger partial charge in [0.15, 0.2) is 5.82 Å². The van der Waals surface area contributed by atoms with Crippen LogP contribution in [0.5, 0.6) is 0 Å². The molecule has 0 aromatic heterocycles. The zero-order chi connectivity index (χ0) is 15.8. The lowest BCUT2D eigenvalue weighted by Gasteiger charge is -2.36. The van der Waals surface area contributed by atoms with Gasteiger partial charge in [0.05, 0.1) is 11.3 Å². The van der Waals surface area contributed by atoms with E-state index in [9.17, 15) is 17.6 Å². The molecule has 1 fully saturated rings. The first-order valence-corrected chi connectivity index (χ1v) is 6.99. The lowest BCUT2D eigenvalue weighted by atomic mass is 10.0. The third-order valence-corrected chi connectivity index (χ3v) is 4.12. The van der Waals surface area contributed by atoms with Crippen LogP contribution in [-0.2, 0) is 6.18 Å². The van der Waals surface area contributed by atoms with Crippen LogP contribution in [0.3, 0.4) is 0 Å². The molecule has 0 unspecified atom stereocenters. The topological polar surface area (TPSA) is 6.48 Å². The Balaban J connectivity index is 2.33. The fourth-order valence-electron chi connectivity index (χ4n) is 2.79. The monoisotopic (exact) mass is 304 g/mol. The number of anilines is 1. The first kappa shape index (κ1) is 16.1. The molecule has 1 aromatic rings. The summed E-state index contributed by atoms with van der Waals surface area (Å²) in [6, 6.07) is 2.42. The highest BCUT2D eigenvalue weighted by molar-refractivity contribution is 5.53. The minimum Gasteiger partial charge on any atom is -0.369 e. The van der Waals surface area contributed by atoms with Crippen LogP contribution in [-0.4, -0.2) is 38.1 Å². The first-order chi connectivity index (χ1) is 9.70. The van der Waals surface area contributed by atoms with Crippen LogP contribution >= 0.6 is 0 Å². The number of piperidine rings is 1. The van der Waals surface area contributed by atoms with Gasteiger partial charge in [0, 0.05) is 13.1 Å². The molecule has 6 heteroatoms. The Hall–Kier alpha value is -1.30. The molecule has 1 aliphatic rings. The van der Waals surface area contributed by atoms with Crippen LogP contribution in [0.15, 0.2) is 12.1 Å². The predicted molar refractivity (Wildman–Crippen MR) is 75.1 cm³/mol. The largest absolute Gasteiger partial charge is 0.419 e. The number of benzene rings is 1. The van der Waals surface area contributed by atoms with Crippen molar-refractivity contribution >= 4 is 5.69 Å². The second kappa shape index (κ2) is 5.83. The maximum Gasteiger partial charge on any atom is 0.419 e. The number of rotatable bonds is 2. The maximum atomic E-state index is 14.3. The van der Waals surface area contributed by atoms with Gasteiger partial charge in [-0.1, -0.05) is 0 Å². The zero-order valence-electron chi connectivity index (χ0n) is 12.5. The Labute approximate surface area is 122 Å². The fraction of sp³-hybridized carbons (Fsp3) is 0.600. The van der Waals surface area contributed by atoms with Crippen LogP contribution in [0, 0.1) is 12.7 Å². The van der Waals surface area contributed by atoms with E-state index in [1.54, 1.807) is 18.9 Å². The molecule has 2 rings (SSSR count). The van der Waals surface area contributed by atoms with Gasteiger partial charge in [-0.25, -0.2) is 4.39 Å². The molecule has 0 saturated carbocycles. The number of halogens is 4. The van der Waals surface area contributed by atoms with Gasteiger partial charge < -0.3 is 9.80 Å². The highest BCUT2D eigenvalue weighted by atomic mass is 19.4. The minimum atomic E-state index is -4.67. The third-order valence-electron chi connectivity index (χ3n) is 4.12. The molecule has 1 heterocycles. The zero-order valence-corrected chi connectivity index (χ0v) is 12.5. The predicted octanol–water partition coefficient (Wildman–Crippen LogP) is 3.68. The van der Waals surface area contributed by atoms with Crippen molar-refractivity contribution < 1.29 is 17.6 Å². The lowest BCUT2D eigenvalue weighted by Crippen LogP contribution is -2.42. The van der Waals surface area contributed by atoms with Crippen molar-refractivity contribution in [3.05, 3.63) is 29.1 Å². The molecule has 0 aliphatic carbocycles. The van der Waals surface area contributed by atoms with Gasteiger partial charge >= 0.3 is 6.18 Å². The Morgan fingerprint density at radius 1 is 1.19 bits per heavy atom. The van der Waals surface area contributed by atoms with Crippen molar-refractivity contribution in [2.75, 3.05) is 32.1 Å². The van der Waals surface area contributed by atoms with Gasteiger partial charge in [0.2, 0.25) is 0 Å². The minimum absolute atomic E-state index is 0.0388. The molecule has 0 spiro atoms. The van der Waals surface area contributed by atoms with Crippen LogP contribution in [0.2, 0.25) is 0 Å². The average molecular weight is 304 g/mol. The van der Waals surface area contributed by atoms with Crippen molar-refractivity contribution in [1.82, 2.24) is 4.90 Å². The molecule has 118 valence electrons. The number of alkyl halides is 3. The van der Waals surface area contributed by atoms with E-state index < -0.39 is 17.6 Å². The summed E-state index contributed by atoms with van der Waals surface area (Å²) in [6.07, 6.45) is -3.03. The van der Waals surface area contributed by atoms with Crippen LogP contribution < -0.4 is 4.90 Å². The van der Waals surface area contributed by atoms with E-state index in [0.29, 0.717) is 5.56 Å². The van der Waals surface area contributed by atoms with E-state index in [1.165, 1.54) is 6.07 Å². The number of nitrogens with zero attached hydrogens (tertiary/aromatic N) is 2. The van der Waals surface area contributed by atoms with Crippen molar-refractivity contribution in [2.24, 2.45) is 0 Å². The second-order valence-corrected chi connectivity index (χ2v) is 5.79. The van der Waals surface area contributed by atoms with E-state index in [4.69, 9.17) is 0 Å².